The van der Waals surface area contributed by atoms with E-state index in [2.05, 4.69) is 20.5 Å². The van der Waals surface area contributed by atoms with Crippen LogP contribution in [-0.4, -0.2) is 94.2 Å². The predicted octanol–water partition coefficient (Wildman–Crippen LogP) is 7.57. The summed E-state index contributed by atoms with van der Waals surface area (Å²) in [4.78, 5) is 20.7. The van der Waals surface area contributed by atoms with Gasteiger partial charge in [0, 0.05) is 22.9 Å². The smallest absolute Gasteiger partial charge is 0.744 e. The van der Waals surface area contributed by atoms with Crippen LogP contribution in [0, 0.1) is 23.7 Å². The second kappa shape index (κ2) is 16.9. The number of nitrogens with zero attached hydrogens (tertiary/aromatic N) is 6. The van der Waals surface area contributed by atoms with Crippen molar-refractivity contribution in [3.05, 3.63) is 118 Å². The van der Waals surface area contributed by atoms with Crippen LogP contribution in [0.2, 0.25) is 0 Å². The number of azo groups is 2. The average molecular weight is 815 g/mol. The third-order valence-electron chi connectivity index (χ3n) is 7.65. The molecule has 0 radical (unpaired) electrons. The first-order valence-corrected chi connectivity index (χ1v) is 18.0. The van der Waals surface area contributed by atoms with Crippen molar-refractivity contribution in [3.63, 3.8) is 0 Å². The zero-order chi connectivity index (χ0) is 39.5. The summed E-state index contributed by atoms with van der Waals surface area (Å²) in [5, 5.41) is 54.6. The van der Waals surface area contributed by atoms with Gasteiger partial charge in [0.05, 0.1) is 19.6 Å². The van der Waals surface area contributed by atoms with Crippen molar-refractivity contribution in [2.75, 3.05) is 0 Å². The van der Waals surface area contributed by atoms with Gasteiger partial charge in [-0.25, -0.2) is 27.3 Å². The Bertz CT molecular complexity index is 2610. The Labute approximate surface area is 341 Å². The number of phenolic OH excluding ortho intramolecular Hbond substituents is 2. The standard InChI is InChI=1S/2C17H13N3O6S.Ca/c2*1-10-5-7-12(13(9-10)20(22)23)18-19-17-14(21)8-6-11-3-2-4-15(16(11)17)27(24,25)26;/h2*2-9H,1H3,(H2-,18,21,22,23,24,25,26);/q;;+2. The third kappa shape index (κ3) is 9.61. The Balaban J connectivity index is 0.000000240. The van der Waals surface area contributed by atoms with Crippen LogP contribution in [0.1, 0.15) is 11.1 Å². The Hall–Kier alpha value is -5.48. The molecule has 0 amide bonds. The van der Waals surface area contributed by atoms with Crippen LogP contribution < -0.4 is 0 Å². The van der Waals surface area contributed by atoms with Crippen LogP contribution in [0.5, 0.6) is 11.5 Å². The average Bonchev–Trinajstić information content (AvgIpc) is 3.10. The van der Waals surface area contributed by atoms with Gasteiger partial charge in [0.2, 0.25) is 0 Å². The molecule has 0 aliphatic carbocycles. The van der Waals surface area contributed by atoms with Gasteiger partial charge in [-0.15, -0.1) is 20.5 Å². The van der Waals surface area contributed by atoms with Gasteiger partial charge in [0.15, 0.2) is 11.4 Å². The molecule has 0 aliphatic rings. The van der Waals surface area contributed by atoms with E-state index in [0.717, 1.165) is 12.1 Å². The maximum Gasteiger partial charge on any atom is 2.00 e. The number of phenols is 2. The first kappa shape index (κ1) is 42.3. The maximum atomic E-state index is 11.6. The SMILES string of the molecule is Cc1ccc(N=Nc2c(O)ccc3cccc(S(=O)(=O)[O-])c23)c([N+](=O)O)c1.Cc1ccc(N=Nc2c(O)ccc3cccc(S(=O)(=O)[O-])c23)c([N+](=O)O)c1.[Ca+2]. The quantitative estimate of drug-likeness (QED) is 0.0501. The Morgan fingerprint density at radius 2 is 0.909 bits per heavy atom. The number of hydrogen-bond donors (Lipinski definition) is 4. The molecule has 0 saturated carbocycles. The van der Waals surface area contributed by atoms with Crippen molar-refractivity contribution in [3.8, 4) is 11.5 Å². The van der Waals surface area contributed by atoms with Crippen molar-refractivity contribution in [1.29, 1.82) is 0 Å². The van der Waals surface area contributed by atoms with Crippen molar-refractivity contribution in [1.82, 2.24) is 0 Å². The number of benzene rings is 6. The summed E-state index contributed by atoms with van der Waals surface area (Å²) in [6.07, 6.45) is 0. The Morgan fingerprint density at radius 1 is 0.545 bits per heavy atom. The second-order valence-corrected chi connectivity index (χ2v) is 14.1. The molecule has 55 heavy (non-hydrogen) atoms. The molecule has 0 atom stereocenters. The van der Waals surface area contributed by atoms with E-state index in [1.54, 1.807) is 38.1 Å². The van der Waals surface area contributed by atoms with Gasteiger partial charge in [-0.2, -0.15) is 0 Å². The molecule has 4 N–H and O–H groups in total. The third-order valence-corrected chi connectivity index (χ3v) is 9.40. The van der Waals surface area contributed by atoms with Crippen LogP contribution in [0.4, 0.5) is 34.1 Å². The number of hydrogen-bond acceptors (Lipinski definition) is 14. The van der Waals surface area contributed by atoms with E-state index < -0.39 is 41.5 Å². The molecular formula is C34H26CaN6O12S2+2. The largest absolute Gasteiger partial charge is 2.00 e. The van der Waals surface area contributed by atoms with Crippen molar-refractivity contribution >= 4 is 114 Å². The molecule has 0 unspecified atom stereocenters. The van der Waals surface area contributed by atoms with Crippen molar-refractivity contribution < 1.29 is 56.4 Å². The topological polar surface area (TPSA) is 285 Å². The first-order chi connectivity index (χ1) is 25.4. The fourth-order valence-electron chi connectivity index (χ4n) is 5.20. The van der Waals surface area contributed by atoms with Crippen molar-refractivity contribution in [2.24, 2.45) is 20.5 Å². The second-order valence-electron chi connectivity index (χ2n) is 11.4. The molecule has 0 saturated heterocycles. The molecule has 276 valence electrons. The Kier molecular flexibility index (Phi) is 13.0. The number of aromatic hydroxyl groups is 2. The van der Waals surface area contributed by atoms with E-state index >= 15 is 0 Å². The van der Waals surface area contributed by atoms with Gasteiger partial charge < -0.3 is 19.3 Å². The van der Waals surface area contributed by atoms with Gasteiger partial charge in [0.25, 0.3) is 9.85 Å². The van der Waals surface area contributed by atoms with E-state index in [4.69, 9.17) is 0 Å². The van der Waals surface area contributed by atoms with E-state index in [0.29, 0.717) is 21.9 Å². The molecule has 6 aromatic carbocycles. The van der Waals surface area contributed by atoms with Crippen LogP contribution in [0.25, 0.3) is 21.5 Å². The van der Waals surface area contributed by atoms with Gasteiger partial charge in [-0.3, -0.25) is 0 Å². The molecule has 18 nitrogen and oxygen atoms in total. The van der Waals surface area contributed by atoms with Crippen molar-refractivity contribution in [2.45, 2.75) is 23.6 Å². The minimum Gasteiger partial charge on any atom is -0.744 e. The molecule has 0 fully saturated rings. The first-order valence-electron chi connectivity index (χ1n) is 15.1. The van der Waals surface area contributed by atoms with E-state index in [-0.39, 0.29) is 92.5 Å². The van der Waals surface area contributed by atoms with Crippen LogP contribution in [0.3, 0.4) is 0 Å². The molecule has 6 rings (SSSR count). The van der Waals surface area contributed by atoms with Gasteiger partial charge in [-0.1, -0.05) is 48.5 Å². The molecule has 0 spiro atoms. The zero-order valence-electron chi connectivity index (χ0n) is 28.5. The number of aryl methyl sites for hydroxylation is 2. The van der Waals surface area contributed by atoms with Crippen LogP contribution >= 0.6 is 0 Å². The molecule has 0 bridgehead atoms. The molecule has 6 aromatic rings. The zero-order valence-corrected chi connectivity index (χ0v) is 32.3. The van der Waals surface area contributed by atoms with Gasteiger partial charge in [-0.05, 0) is 72.1 Å². The van der Waals surface area contributed by atoms with Crippen LogP contribution in [-0.2, 0) is 20.2 Å². The minimum atomic E-state index is -4.84. The van der Waals surface area contributed by atoms with Gasteiger partial charge >= 0.3 is 49.1 Å². The molecule has 0 heterocycles. The number of rotatable bonds is 8. The normalized spacial score (nSPS) is 11.7. The Morgan fingerprint density at radius 3 is 1.24 bits per heavy atom. The summed E-state index contributed by atoms with van der Waals surface area (Å²) in [5.41, 5.74) is 0.478. The van der Waals surface area contributed by atoms with E-state index in [1.165, 1.54) is 60.7 Å². The van der Waals surface area contributed by atoms with Gasteiger partial charge in [0.1, 0.15) is 43.1 Å². The van der Waals surface area contributed by atoms with E-state index in [1.807, 2.05) is 0 Å². The fourth-order valence-corrected chi connectivity index (χ4v) is 6.62. The van der Waals surface area contributed by atoms with E-state index in [9.17, 15) is 56.4 Å². The number of fused-ring (bicyclic) bond motifs is 2. The molecule has 0 aromatic heterocycles. The fraction of sp³-hybridized carbons (Fsp3) is 0.0588. The maximum absolute atomic E-state index is 11.6. The summed E-state index contributed by atoms with van der Waals surface area (Å²) in [5.74, 6) is -0.807. The van der Waals surface area contributed by atoms with Crippen LogP contribution in [0.15, 0.2) is 127 Å². The summed E-state index contributed by atoms with van der Waals surface area (Å²) in [7, 11) is -9.68. The monoisotopic (exact) mass is 814 g/mol. The summed E-state index contributed by atoms with van der Waals surface area (Å²) < 4.78 is 69.5. The summed E-state index contributed by atoms with van der Waals surface area (Å²) >= 11 is 0. The summed E-state index contributed by atoms with van der Waals surface area (Å²) in [6.45, 7) is 3.41. The summed E-state index contributed by atoms with van der Waals surface area (Å²) in [6, 6.07) is 22.3. The predicted molar refractivity (Wildman–Crippen MR) is 194 cm³/mol. The molecular weight excluding hydrogens is 789 g/mol. The minimum absolute atomic E-state index is 0. The molecule has 0 aliphatic heterocycles. The molecule has 21 heteroatoms.